The first-order valence-electron chi connectivity index (χ1n) is 6.55. The summed E-state index contributed by atoms with van der Waals surface area (Å²) in [6.07, 6.45) is 2.58. The minimum atomic E-state index is -0.411. The molecule has 0 bridgehead atoms. The summed E-state index contributed by atoms with van der Waals surface area (Å²) in [7, 11) is 0. The number of allylic oxidation sites excluding steroid dienone is 1. The number of cyclic esters (lactones) is 1. The molecule has 0 aromatic carbocycles. The number of esters is 1. The lowest BCUT2D eigenvalue weighted by Gasteiger charge is -2.30. The lowest BCUT2D eigenvalue weighted by Crippen LogP contribution is -2.28. The van der Waals surface area contributed by atoms with Gasteiger partial charge in [0.1, 0.15) is 6.61 Å². The molecule has 0 unspecified atom stereocenters. The van der Waals surface area contributed by atoms with Crippen molar-refractivity contribution in [1.29, 1.82) is 0 Å². The summed E-state index contributed by atoms with van der Waals surface area (Å²) in [5, 5.41) is 10.5. The summed E-state index contributed by atoms with van der Waals surface area (Å²) in [6.45, 7) is 8.63. The molecule has 1 heterocycles. The minimum absolute atomic E-state index is 0.114. The van der Waals surface area contributed by atoms with Crippen LogP contribution in [0.4, 0.5) is 0 Å². The first-order chi connectivity index (χ1) is 8.26. The molecule has 0 radical (unpaired) electrons. The van der Waals surface area contributed by atoms with Crippen LogP contribution in [0.5, 0.6) is 0 Å². The second-order valence-electron chi connectivity index (χ2n) is 6.84. The van der Waals surface area contributed by atoms with Gasteiger partial charge in [-0.1, -0.05) is 25.5 Å². The molecule has 3 aliphatic rings. The number of aliphatic hydroxyl groups is 1. The zero-order valence-electron chi connectivity index (χ0n) is 11.4. The zero-order valence-corrected chi connectivity index (χ0v) is 11.4. The van der Waals surface area contributed by atoms with E-state index in [9.17, 15) is 9.90 Å². The topological polar surface area (TPSA) is 46.5 Å². The molecular formula is C15H20O3. The number of ether oxygens (including phenoxy) is 1. The molecule has 1 N–H and O–H groups in total. The zero-order chi connectivity index (χ0) is 13.3. The first-order valence-corrected chi connectivity index (χ1v) is 6.55. The van der Waals surface area contributed by atoms with Gasteiger partial charge in [-0.15, -0.1) is 0 Å². The van der Waals surface area contributed by atoms with Crippen LogP contribution in [0.25, 0.3) is 0 Å². The van der Waals surface area contributed by atoms with E-state index in [0.29, 0.717) is 6.61 Å². The summed E-state index contributed by atoms with van der Waals surface area (Å²) >= 11 is 0. The normalized spacial score (nSPS) is 41.4. The summed E-state index contributed by atoms with van der Waals surface area (Å²) in [4.78, 5) is 11.9. The Kier molecular flexibility index (Phi) is 2.17. The van der Waals surface area contributed by atoms with Crippen molar-refractivity contribution in [1.82, 2.24) is 0 Å². The average molecular weight is 248 g/mol. The maximum atomic E-state index is 11.9. The quantitative estimate of drug-likeness (QED) is 0.528. The third-order valence-electron chi connectivity index (χ3n) is 4.87. The Labute approximate surface area is 108 Å². The number of fused-ring (bicyclic) bond motifs is 2. The van der Waals surface area contributed by atoms with Gasteiger partial charge in [-0.25, -0.2) is 4.79 Å². The van der Waals surface area contributed by atoms with Crippen LogP contribution < -0.4 is 0 Å². The highest BCUT2D eigenvalue weighted by Gasteiger charge is 2.52. The Bertz CT molecular complexity index is 498. The van der Waals surface area contributed by atoms with Crippen LogP contribution >= 0.6 is 0 Å². The molecule has 0 aromatic heterocycles. The van der Waals surface area contributed by atoms with Crippen LogP contribution in [0.1, 0.15) is 34.1 Å². The minimum Gasteiger partial charge on any atom is -0.461 e. The van der Waals surface area contributed by atoms with E-state index in [1.54, 1.807) is 0 Å². The molecule has 3 rings (SSSR count). The number of hydrogen-bond donors (Lipinski definition) is 1. The second-order valence-corrected chi connectivity index (χ2v) is 6.84. The van der Waals surface area contributed by atoms with E-state index in [2.05, 4.69) is 19.9 Å². The third-order valence-corrected chi connectivity index (χ3v) is 4.87. The van der Waals surface area contributed by atoms with Gasteiger partial charge in [-0.05, 0) is 31.3 Å². The monoisotopic (exact) mass is 248 g/mol. The van der Waals surface area contributed by atoms with E-state index < -0.39 is 6.10 Å². The average Bonchev–Trinajstić information content (AvgIpc) is 2.68. The summed E-state index contributed by atoms with van der Waals surface area (Å²) in [5.74, 6) is 0.0354. The fourth-order valence-corrected chi connectivity index (χ4v) is 3.84. The van der Waals surface area contributed by atoms with E-state index in [0.717, 1.165) is 23.1 Å². The summed E-state index contributed by atoms with van der Waals surface area (Å²) in [5.41, 5.74) is 2.55. The molecule has 3 nitrogen and oxygen atoms in total. The molecule has 0 amide bonds. The van der Waals surface area contributed by atoms with Crippen molar-refractivity contribution in [3.8, 4) is 0 Å². The number of carbonyl (C=O) groups is 1. The highest BCUT2D eigenvalue weighted by atomic mass is 16.5. The van der Waals surface area contributed by atoms with Gasteiger partial charge in [0.25, 0.3) is 0 Å². The molecule has 0 aromatic rings. The van der Waals surface area contributed by atoms with Crippen LogP contribution in [-0.4, -0.2) is 23.8 Å². The fraction of sp³-hybridized carbons (Fsp3) is 0.667. The Morgan fingerprint density at radius 2 is 2.06 bits per heavy atom. The van der Waals surface area contributed by atoms with Gasteiger partial charge in [0.05, 0.1) is 11.5 Å². The van der Waals surface area contributed by atoms with Crippen LogP contribution in [0.3, 0.4) is 0 Å². The van der Waals surface area contributed by atoms with Gasteiger partial charge in [-0.2, -0.15) is 0 Å². The van der Waals surface area contributed by atoms with Gasteiger partial charge in [0.15, 0.2) is 0 Å². The lowest BCUT2D eigenvalue weighted by molar-refractivity contribution is -0.135. The van der Waals surface area contributed by atoms with E-state index in [1.165, 1.54) is 0 Å². The van der Waals surface area contributed by atoms with Crippen molar-refractivity contribution >= 4 is 5.97 Å². The van der Waals surface area contributed by atoms with Crippen LogP contribution in [0.15, 0.2) is 22.8 Å². The van der Waals surface area contributed by atoms with Gasteiger partial charge in [-0.3, -0.25) is 0 Å². The number of aliphatic hydroxyl groups excluding tert-OH is 1. The van der Waals surface area contributed by atoms with Gasteiger partial charge in [0, 0.05) is 11.5 Å². The van der Waals surface area contributed by atoms with E-state index >= 15 is 0 Å². The Morgan fingerprint density at radius 3 is 2.72 bits per heavy atom. The SMILES string of the molecule is CC1=C2C(=O)OC[C@@]2(C)C=C2[C@@H]1CC(C)(C)[C@@H]2O. The highest BCUT2D eigenvalue weighted by Crippen LogP contribution is 2.55. The van der Waals surface area contributed by atoms with Crippen LogP contribution in [0, 0.1) is 16.7 Å². The molecule has 2 aliphatic carbocycles. The van der Waals surface area contributed by atoms with Crippen molar-refractivity contribution in [3.05, 3.63) is 22.8 Å². The van der Waals surface area contributed by atoms with Crippen molar-refractivity contribution < 1.29 is 14.6 Å². The Hall–Kier alpha value is -1.09. The van der Waals surface area contributed by atoms with E-state index in [-0.39, 0.29) is 22.7 Å². The number of carbonyl (C=O) groups excluding carboxylic acids is 1. The van der Waals surface area contributed by atoms with Crippen LogP contribution in [-0.2, 0) is 9.53 Å². The number of rotatable bonds is 0. The maximum absolute atomic E-state index is 11.9. The first kappa shape index (κ1) is 12.0. The predicted octanol–water partition coefficient (Wildman–Crippen LogP) is 2.21. The maximum Gasteiger partial charge on any atom is 0.335 e. The molecule has 18 heavy (non-hydrogen) atoms. The molecule has 1 saturated carbocycles. The fourth-order valence-electron chi connectivity index (χ4n) is 3.84. The van der Waals surface area contributed by atoms with Crippen molar-refractivity contribution in [2.24, 2.45) is 16.7 Å². The van der Waals surface area contributed by atoms with Gasteiger partial charge in [0.2, 0.25) is 0 Å². The van der Waals surface area contributed by atoms with Crippen molar-refractivity contribution in [3.63, 3.8) is 0 Å². The Morgan fingerprint density at radius 1 is 1.39 bits per heavy atom. The molecular weight excluding hydrogens is 228 g/mol. The summed E-state index contributed by atoms with van der Waals surface area (Å²) < 4.78 is 5.20. The Balaban J connectivity index is 2.15. The smallest absolute Gasteiger partial charge is 0.335 e. The number of hydrogen-bond acceptors (Lipinski definition) is 3. The van der Waals surface area contributed by atoms with Crippen LogP contribution in [0.2, 0.25) is 0 Å². The summed E-state index contributed by atoms with van der Waals surface area (Å²) in [6, 6.07) is 0. The molecule has 1 aliphatic heterocycles. The predicted molar refractivity (Wildman–Crippen MR) is 67.7 cm³/mol. The van der Waals surface area contributed by atoms with E-state index in [4.69, 9.17) is 4.74 Å². The largest absolute Gasteiger partial charge is 0.461 e. The standard InChI is InChI=1S/C15H20O3/c1-8-9-5-14(2,3)12(16)10(9)6-15(4)7-18-13(17)11(8)15/h6,9,12,16H,5,7H2,1-4H3/t9-,12-,15-/m1/s1. The molecule has 0 spiro atoms. The highest BCUT2D eigenvalue weighted by molar-refractivity contribution is 5.94. The molecule has 98 valence electrons. The van der Waals surface area contributed by atoms with Crippen molar-refractivity contribution in [2.45, 2.75) is 40.2 Å². The molecule has 1 saturated heterocycles. The second kappa shape index (κ2) is 3.27. The van der Waals surface area contributed by atoms with Crippen molar-refractivity contribution in [2.75, 3.05) is 6.61 Å². The lowest BCUT2D eigenvalue weighted by atomic mass is 9.71. The third kappa shape index (κ3) is 1.31. The van der Waals surface area contributed by atoms with Gasteiger partial charge < -0.3 is 9.84 Å². The van der Waals surface area contributed by atoms with E-state index in [1.807, 2.05) is 13.8 Å². The van der Waals surface area contributed by atoms with Gasteiger partial charge >= 0.3 is 5.97 Å². The molecule has 3 atom stereocenters. The molecule has 2 fully saturated rings. The molecule has 3 heteroatoms.